The van der Waals surface area contributed by atoms with Crippen molar-refractivity contribution in [3.05, 3.63) is 70.8 Å². The van der Waals surface area contributed by atoms with E-state index in [1.807, 2.05) is 30.3 Å². The Morgan fingerprint density at radius 3 is 2.37 bits per heavy atom. The Labute approximate surface area is 157 Å². The molecule has 6 nitrogen and oxygen atoms in total. The molecule has 0 aromatic heterocycles. The molecule has 0 radical (unpaired) electrons. The van der Waals surface area contributed by atoms with E-state index in [1.165, 1.54) is 4.90 Å². The van der Waals surface area contributed by atoms with Crippen molar-refractivity contribution >= 4 is 17.7 Å². The summed E-state index contributed by atoms with van der Waals surface area (Å²) in [5.74, 6) is -0.761. The summed E-state index contributed by atoms with van der Waals surface area (Å²) in [4.78, 5) is 41.0. The molecule has 0 aliphatic carbocycles. The molecule has 0 spiro atoms. The van der Waals surface area contributed by atoms with Crippen LogP contribution in [0.2, 0.25) is 0 Å². The number of hydrogen-bond acceptors (Lipinski definition) is 4. The molecule has 27 heavy (non-hydrogen) atoms. The van der Waals surface area contributed by atoms with Crippen LogP contribution >= 0.6 is 0 Å². The molecule has 0 N–H and O–H groups in total. The van der Waals surface area contributed by atoms with Gasteiger partial charge in [-0.2, -0.15) is 0 Å². The largest absolute Gasteiger partial charge is 0.378 e. The highest BCUT2D eigenvalue weighted by Crippen LogP contribution is 2.25. The molecule has 2 aromatic carbocycles. The summed E-state index contributed by atoms with van der Waals surface area (Å²) < 4.78 is 5.27. The first-order valence-electron chi connectivity index (χ1n) is 9.06. The fourth-order valence-corrected chi connectivity index (χ4v) is 3.46. The van der Waals surface area contributed by atoms with E-state index >= 15 is 0 Å². The Morgan fingerprint density at radius 2 is 1.63 bits per heavy atom. The van der Waals surface area contributed by atoms with E-state index in [9.17, 15) is 14.4 Å². The van der Waals surface area contributed by atoms with Gasteiger partial charge in [0.1, 0.15) is 0 Å². The standard InChI is InChI=1S/C21H20N2O4/c24-19(22-10-12-27-13-11-22)16-6-7-17-18(14-16)21(26)23(20(17)25)9-8-15-4-2-1-3-5-15/h1-7,14H,8-13H2. The lowest BCUT2D eigenvalue weighted by atomic mass is 10.0. The lowest BCUT2D eigenvalue weighted by molar-refractivity contribution is 0.0303. The summed E-state index contributed by atoms with van der Waals surface area (Å²) in [5.41, 5.74) is 2.18. The van der Waals surface area contributed by atoms with E-state index in [-0.39, 0.29) is 17.7 Å². The molecule has 1 fully saturated rings. The number of hydrogen-bond donors (Lipinski definition) is 0. The zero-order valence-electron chi connectivity index (χ0n) is 14.9. The Balaban J connectivity index is 1.51. The number of benzene rings is 2. The molecule has 6 heteroatoms. The van der Waals surface area contributed by atoms with E-state index in [2.05, 4.69) is 0 Å². The molecule has 4 rings (SSSR count). The van der Waals surface area contributed by atoms with Gasteiger partial charge in [-0.3, -0.25) is 19.3 Å². The maximum absolute atomic E-state index is 12.7. The molecule has 2 aliphatic heterocycles. The zero-order chi connectivity index (χ0) is 18.8. The number of morpholine rings is 1. The van der Waals surface area contributed by atoms with Crippen molar-refractivity contribution in [2.75, 3.05) is 32.8 Å². The fraction of sp³-hybridized carbons (Fsp3) is 0.286. The molecule has 0 saturated carbocycles. The van der Waals surface area contributed by atoms with E-state index in [0.717, 1.165) is 5.56 Å². The van der Waals surface area contributed by atoms with Crippen molar-refractivity contribution in [1.29, 1.82) is 0 Å². The Bertz CT molecular complexity index is 888. The SMILES string of the molecule is O=C(c1ccc2c(c1)C(=O)N(CCc1ccccc1)C2=O)N1CCOCC1. The number of fused-ring (bicyclic) bond motifs is 1. The highest BCUT2D eigenvalue weighted by Gasteiger charge is 2.36. The molecule has 2 heterocycles. The van der Waals surface area contributed by atoms with Crippen LogP contribution in [0.4, 0.5) is 0 Å². The van der Waals surface area contributed by atoms with E-state index < -0.39 is 0 Å². The molecule has 0 bridgehead atoms. The third-order valence-corrected chi connectivity index (χ3v) is 4.98. The van der Waals surface area contributed by atoms with Gasteiger partial charge in [-0.1, -0.05) is 30.3 Å². The van der Waals surface area contributed by atoms with Crippen LogP contribution in [0, 0.1) is 0 Å². The van der Waals surface area contributed by atoms with Crippen LogP contribution in [-0.2, 0) is 11.2 Å². The molecule has 2 aromatic rings. The summed E-state index contributed by atoms with van der Waals surface area (Å²) in [6.45, 7) is 2.42. The second-order valence-electron chi connectivity index (χ2n) is 6.66. The number of rotatable bonds is 4. The van der Waals surface area contributed by atoms with Crippen LogP contribution < -0.4 is 0 Å². The number of nitrogens with zero attached hydrogens (tertiary/aromatic N) is 2. The van der Waals surface area contributed by atoms with Crippen LogP contribution in [0.25, 0.3) is 0 Å². The molecule has 2 aliphatic rings. The third kappa shape index (κ3) is 3.36. The van der Waals surface area contributed by atoms with Gasteiger partial charge in [0.15, 0.2) is 0 Å². The van der Waals surface area contributed by atoms with Crippen molar-refractivity contribution in [3.8, 4) is 0 Å². The summed E-state index contributed by atoms with van der Waals surface area (Å²) in [6.07, 6.45) is 0.603. The summed E-state index contributed by atoms with van der Waals surface area (Å²) in [7, 11) is 0. The molecular weight excluding hydrogens is 344 g/mol. The van der Waals surface area contributed by atoms with Crippen LogP contribution in [0.15, 0.2) is 48.5 Å². The first-order valence-corrected chi connectivity index (χ1v) is 9.06. The fourth-order valence-electron chi connectivity index (χ4n) is 3.46. The quantitative estimate of drug-likeness (QED) is 0.779. The first-order chi connectivity index (χ1) is 13.1. The molecule has 0 atom stereocenters. The number of carbonyl (C=O) groups excluding carboxylic acids is 3. The number of ether oxygens (including phenoxy) is 1. The van der Waals surface area contributed by atoms with Gasteiger partial charge < -0.3 is 9.64 Å². The van der Waals surface area contributed by atoms with Gasteiger partial charge in [0, 0.05) is 25.2 Å². The van der Waals surface area contributed by atoms with Gasteiger partial charge in [-0.25, -0.2) is 0 Å². The van der Waals surface area contributed by atoms with Crippen LogP contribution in [-0.4, -0.2) is 60.4 Å². The van der Waals surface area contributed by atoms with Crippen LogP contribution in [0.5, 0.6) is 0 Å². The van der Waals surface area contributed by atoms with Crippen LogP contribution in [0.3, 0.4) is 0 Å². The van der Waals surface area contributed by atoms with Gasteiger partial charge in [0.05, 0.1) is 24.3 Å². The maximum Gasteiger partial charge on any atom is 0.261 e. The Morgan fingerprint density at radius 1 is 0.926 bits per heavy atom. The van der Waals surface area contributed by atoms with Gasteiger partial charge in [0.25, 0.3) is 17.7 Å². The summed E-state index contributed by atoms with van der Waals surface area (Å²) >= 11 is 0. The van der Waals surface area contributed by atoms with E-state index in [4.69, 9.17) is 4.74 Å². The third-order valence-electron chi connectivity index (χ3n) is 4.98. The monoisotopic (exact) mass is 364 g/mol. The summed E-state index contributed by atoms with van der Waals surface area (Å²) in [6, 6.07) is 14.5. The highest BCUT2D eigenvalue weighted by atomic mass is 16.5. The lowest BCUT2D eigenvalue weighted by Crippen LogP contribution is -2.40. The number of amides is 3. The summed E-state index contributed by atoms with van der Waals surface area (Å²) in [5, 5.41) is 0. The molecule has 138 valence electrons. The van der Waals surface area contributed by atoms with Crippen molar-refractivity contribution < 1.29 is 19.1 Å². The van der Waals surface area contributed by atoms with Gasteiger partial charge in [-0.05, 0) is 30.2 Å². The topological polar surface area (TPSA) is 66.9 Å². The number of carbonyl (C=O) groups is 3. The van der Waals surface area contributed by atoms with Crippen molar-refractivity contribution in [2.45, 2.75) is 6.42 Å². The zero-order valence-corrected chi connectivity index (χ0v) is 14.9. The van der Waals surface area contributed by atoms with Crippen LogP contribution in [0.1, 0.15) is 36.6 Å². The van der Waals surface area contributed by atoms with Crippen molar-refractivity contribution in [2.24, 2.45) is 0 Å². The molecule has 3 amide bonds. The van der Waals surface area contributed by atoms with Gasteiger partial charge in [0.2, 0.25) is 0 Å². The van der Waals surface area contributed by atoms with E-state index in [0.29, 0.717) is 56.0 Å². The van der Waals surface area contributed by atoms with Crippen molar-refractivity contribution in [3.63, 3.8) is 0 Å². The predicted molar refractivity (Wildman–Crippen MR) is 98.7 cm³/mol. The Hall–Kier alpha value is -2.99. The second kappa shape index (κ2) is 7.32. The normalized spacial score (nSPS) is 16.6. The first kappa shape index (κ1) is 17.4. The van der Waals surface area contributed by atoms with Gasteiger partial charge >= 0.3 is 0 Å². The second-order valence-corrected chi connectivity index (χ2v) is 6.66. The highest BCUT2D eigenvalue weighted by molar-refractivity contribution is 6.22. The van der Waals surface area contributed by atoms with Gasteiger partial charge in [-0.15, -0.1) is 0 Å². The van der Waals surface area contributed by atoms with E-state index in [1.54, 1.807) is 23.1 Å². The average Bonchev–Trinajstić information content (AvgIpc) is 2.97. The van der Waals surface area contributed by atoms with Crippen molar-refractivity contribution in [1.82, 2.24) is 9.80 Å². The maximum atomic E-state index is 12.7. The average molecular weight is 364 g/mol. The molecule has 0 unspecified atom stereocenters. The molecule has 1 saturated heterocycles. The number of imide groups is 1. The predicted octanol–water partition coefficient (Wildman–Crippen LogP) is 2.00. The molecular formula is C21H20N2O4. The lowest BCUT2D eigenvalue weighted by Gasteiger charge is -2.26. The smallest absolute Gasteiger partial charge is 0.261 e. The minimum atomic E-state index is -0.331. The minimum absolute atomic E-state index is 0.135. The Kier molecular flexibility index (Phi) is 4.73. The minimum Gasteiger partial charge on any atom is -0.378 e.